The van der Waals surface area contributed by atoms with Crippen LogP contribution in [0.3, 0.4) is 0 Å². The van der Waals surface area contributed by atoms with Crippen molar-refractivity contribution in [3.05, 3.63) is 11.3 Å². The Balaban J connectivity index is 1.59. The molecule has 1 aromatic rings. The standard InChI is InChI=1S/C23H33NO7/c1-11-10-17(30-22(11)27)14-7-8-15-18(16(25)6-5-9-24(14)15)12(2)19(26)21-20(29-4)13(3)23(28)31-21/h11-12,14-18,25,28H,5-10H2,1-4H3. The molecule has 1 aromatic heterocycles. The summed E-state index contributed by atoms with van der Waals surface area (Å²) in [6.45, 7) is 6.17. The van der Waals surface area contributed by atoms with Crippen LogP contribution in [0.25, 0.3) is 0 Å². The van der Waals surface area contributed by atoms with Gasteiger partial charge in [0.2, 0.25) is 11.5 Å². The Morgan fingerprint density at radius 1 is 1.26 bits per heavy atom. The molecule has 0 spiro atoms. The van der Waals surface area contributed by atoms with E-state index in [9.17, 15) is 19.8 Å². The summed E-state index contributed by atoms with van der Waals surface area (Å²) in [7, 11) is 1.44. The third-order valence-electron chi connectivity index (χ3n) is 7.59. The number of esters is 1. The second-order valence-corrected chi connectivity index (χ2v) is 9.40. The molecule has 0 aromatic carbocycles. The summed E-state index contributed by atoms with van der Waals surface area (Å²) in [6.07, 6.45) is 3.13. The predicted molar refractivity (Wildman–Crippen MR) is 111 cm³/mol. The minimum Gasteiger partial charge on any atom is -0.492 e. The van der Waals surface area contributed by atoms with Gasteiger partial charge >= 0.3 is 5.97 Å². The van der Waals surface area contributed by atoms with Crippen molar-refractivity contribution in [2.45, 2.75) is 77.2 Å². The van der Waals surface area contributed by atoms with Gasteiger partial charge in [-0.2, -0.15) is 0 Å². The summed E-state index contributed by atoms with van der Waals surface area (Å²) in [6, 6.07) is 0.144. The summed E-state index contributed by atoms with van der Waals surface area (Å²) in [5, 5.41) is 20.9. The number of ether oxygens (including phenoxy) is 2. The van der Waals surface area contributed by atoms with Crippen molar-refractivity contribution in [1.82, 2.24) is 4.90 Å². The van der Waals surface area contributed by atoms with Gasteiger partial charge in [-0.15, -0.1) is 0 Å². The van der Waals surface area contributed by atoms with Gasteiger partial charge in [-0.25, -0.2) is 0 Å². The molecule has 3 aliphatic rings. The first-order chi connectivity index (χ1) is 14.7. The van der Waals surface area contributed by atoms with Gasteiger partial charge in [-0.05, 0) is 45.6 Å². The van der Waals surface area contributed by atoms with E-state index in [0.29, 0.717) is 12.0 Å². The molecular formula is C23H33NO7. The summed E-state index contributed by atoms with van der Waals surface area (Å²) in [5.74, 6) is -1.39. The molecule has 0 aliphatic carbocycles. The minimum absolute atomic E-state index is 0.00101. The number of furan rings is 1. The fourth-order valence-electron chi connectivity index (χ4n) is 5.93. The van der Waals surface area contributed by atoms with Crippen LogP contribution in [0, 0.1) is 24.7 Å². The van der Waals surface area contributed by atoms with E-state index in [-0.39, 0.29) is 59.2 Å². The maximum absolute atomic E-state index is 13.4. The first-order valence-corrected chi connectivity index (χ1v) is 11.3. The first kappa shape index (κ1) is 22.1. The first-order valence-electron chi connectivity index (χ1n) is 11.3. The number of nitrogens with zero attached hydrogens (tertiary/aromatic N) is 1. The third kappa shape index (κ3) is 3.74. The van der Waals surface area contributed by atoms with Gasteiger partial charge < -0.3 is 24.1 Å². The number of methoxy groups -OCH3 is 1. The second kappa shape index (κ2) is 8.47. The highest BCUT2D eigenvalue weighted by Crippen LogP contribution is 2.44. The molecule has 3 fully saturated rings. The number of carbonyl (C=O) groups is 2. The predicted octanol–water partition coefficient (Wildman–Crippen LogP) is 2.68. The van der Waals surface area contributed by atoms with Crippen molar-refractivity contribution in [3.8, 4) is 11.7 Å². The molecule has 0 bridgehead atoms. The molecule has 8 nitrogen and oxygen atoms in total. The van der Waals surface area contributed by atoms with Crippen molar-refractivity contribution >= 4 is 11.8 Å². The molecule has 7 unspecified atom stereocenters. The Kier molecular flexibility index (Phi) is 6.05. The Morgan fingerprint density at radius 3 is 2.61 bits per heavy atom. The topological polar surface area (TPSA) is 109 Å². The fraction of sp³-hybridized carbons (Fsp3) is 0.739. The maximum atomic E-state index is 13.4. The monoisotopic (exact) mass is 435 g/mol. The molecule has 172 valence electrons. The van der Waals surface area contributed by atoms with Crippen LogP contribution in [0.5, 0.6) is 11.7 Å². The van der Waals surface area contributed by atoms with Crippen molar-refractivity contribution < 1.29 is 33.7 Å². The number of carbonyl (C=O) groups excluding carboxylic acids is 2. The molecule has 31 heavy (non-hydrogen) atoms. The Hall–Kier alpha value is -2.06. The molecule has 2 N–H and O–H groups in total. The molecule has 0 amide bonds. The number of cyclic esters (lactones) is 1. The van der Waals surface area contributed by atoms with Crippen LogP contribution < -0.4 is 4.74 Å². The normalized spacial score (nSPS) is 34.8. The second-order valence-electron chi connectivity index (χ2n) is 9.40. The highest BCUT2D eigenvalue weighted by atomic mass is 16.6. The van der Waals surface area contributed by atoms with Crippen molar-refractivity contribution in [2.75, 3.05) is 13.7 Å². The lowest BCUT2D eigenvalue weighted by atomic mass is 9.78. The van der Waals surface area contributed by atoms with Crippen molar-refractivity contribution in [2.24, 2.45) is 17.8 Å². The number of hydrogen-bond donors (Lipinski definition) is 2. The zero-order valence-corrected chi connectivity index (χ0v) is 18.7. The van der Waals surface area contributed by atoms with Crippen LogP contribution in [0.4, 0.5) is 0 Å². The average Bonchev–Trinajstić information content (AvgIpc) is 3.34. The molecule has 3 saturated heterocycles. The SMILES string of the molecule is COc1c(C(=O)C(C)C2C(O)CCCN3C(C4CC(C)C(=O)O4)CCC23)oc(O)c1C. The van der Waals surface area contributed by atoms with Crippen LogP contribution >= 0.6 is 0 Å². The molecule has 4 rings (SSSR count). The Bertz CT molecular complexity index is 849. The van der Waals surface area contributed by atoms with E-state index in [0.717, 1.165) is 32.2 Å². The van der Waals surface area contributed by atoms with Crippen LogP contribution in [0.2, 0.25) is 0 Å². The highest BCUT2D eigenvalue weighted by molar-refractivity contribution is 5.98. The van der Waals surface area contributed by atoms with Crippen LogP contribution in [-0.2, 0) is 9.53 Å². The summed E-state index contributed by atoms with van der Waals surface area (Å²) in [5.41, 5.74) is 0.388. The van der Waals surface area contributed by atoms with Gasteiger partial charge in [0, 0.05) is 23.9 Å². The third-order valence-corrected chi connectivity index (χ3v) is 7.59. The van der Waals surface area contributed by atoms with Crippen LogP contribution in [-0.4, -0.2) is 64.8 Å². The number of hydrogen-bond acceptors (Lipinski definition) is 8. The van der Waals surface area contributed by atoms with Gasteiger partial charge in [-0.3, -0.25) is 14.5 Å². The maximum Gasteiger partial charge on any atom is 0.309 e. The van der Waals surface area contributed by atoms with Gasteiger partial charge in [0.1, 0.15) is 6.10 Å². The number of aliphatic hydroxyl groups is 1. The summed E-state index contributed by atoms with van der Waals surface area (Å²) < 4.78 is 16.3. The lowest BCUT2D eigenvalue weighted by Crippen LogP contribution is -2.48. The number of aliphatic hydroxyl groups excluding tert-OH is 1. The average molecular weight is 436 g/mol. The summed E-state index contributed by atoms with van der Waals surface area (Å²) >= 11 is 0. The number of aromatic hydroxyl groups is 1. The van der Waals surface area contributed by atoms with E-state index in [1.54, 1.807) is 6.92 Å². The lowest BCUT2D eigenvalue weighted by Gasteiger charge is -2.37. The van der Waals surface area contributed by atoms with Crippen molar-refractivity contribution in [3.63, 3.8) is 0 Å². The highest BCUT2D eigenvalue weighted by Gasteiger charge is 2.50. The molecular weight excluding hydrogens is 402 g/mol. The van der Waals surface area contributed by atoms with E-state index in [2.05, 4.69) is 4.90 Å². The molecule has 4 heterocycles. The fourth-order valence-corrected chi connectivity index (χ4v) is 5.93. The van der Waals surface area contributed by atoms with Gasteiger partial charge in [0.25, 0.3) is 5.95 Å². The molecule has 0 saturated carbocycles. The quantitative estimate of drug-likeness (QED) is 0.537. The van der Waals surface area contributed by atoms with E-state index >= 15 is 0 Å². The van der Waals surface area contributed by atoms with E-state index < -0.39 is 12.0 Å². The molecule has 0 radical (unpaired) electrons. The number of rotatable bonds is 5. The minimum atomic E-state index is -0.617. The zero-order valence-electron chi connectivity index (χ0n) is 18.7. The number of Topliss-reactive ketones (excluding diaryl/α,β-unsaturated/α-hetero) is 1. The number of ketones is 1. The zero-order chi connectivity index (χ0) is 22.4. The van der Waals surface area contributed by atoms with Crippen molar-refractivity contribution in [1.29, 1.82) is 0 Å². The smallest absolute Gasteiger partial charge is 0.309 e. The largest absolute Gasteiger partial charge is 0.492 e. The van der Waals surface area contributed by atoms with Gasteiger partial charge in [0.15, 0.2) is 5.75 Å². The lowest BCUT2D eigenvalue weighted by molar-refractivity contribution is -0.146. The van der Waals surface area contributed by atoms with Crippen LogP contribution in [0.1, 0.15) is 62.1 Å². The van der Waals surface area contributed by atoms with E-state index in [4.69, 9.17) is 13.9 Å². The molecule has 8 heteroatoms. The van der Waals surface area contributed by atoms with E-state index in [1.807, 2.05) is 13.8 Å². The summed E-state index contributed by atoms with van der Waals surface area (Å²) in [4.78, 5) is 27.7. The van der Waals surface area contributed by atoms with Crippen LogP contribution in [0.15, 0.2) is 4.42 Å². The molecule has 7 atom stereocenters. The van der Waals surface area contributed by atoms with Gasteiger partial charge in [0.05, 0.1) is 24.7 Å². The molecule has 3 aliphatic heterocycles. The number of fused-ring (bicyclic) bond motifs is 1. The Morgan fingerprint density at radius 2 is 1.97 bits per heavy atom. The Labute approximate surface area is 182 Å². The van der Waals surface area contributed by atoms with E-state index in [1.165, 1.54) is 7.11 Å². The van der Waals surface area contributed by atoms with Gasteiger partial charge in [-0.1, -0.05) is 13.8 Å².